The second-order valence-corrected chi connectivity index (χ2v) is 4.61. The third-order valence-electron chi connectivity index (χ3n) is 2.93. The molecular weight excluding hydrogens is 238 g/mol. The molecule has 1 heterocycles. The predicted octanol–water partition coefficient (Wildman–Crippen LogP) is 2.55. The molecule has 0 aliphatic carbocycles. The number of hydrazine groups is 1. The third kappa shape index (κ3) is 3.42. The van der Waals surface area contributed by atoms with Crippen molar-refractivity contribution >= 4 is 11.6 Å². The average molecular weight is 257 g/mol. The van der Waals surface area contributed by atoms with Crippen molar-refractivity contribution in [3.05, 3.63) is 47.3 Å². The standard InChI is InChI=1S/C14H19N5/c1-9-4-6-12(7-5-9)10(2)16-13-8-14(19-15)18-11(3)17-13/h4-8,10H,15H2,1-3H3,(H2,16,17,18,19). The molecule has 0 aliphatic rings. The number of nitrogens with zero attached hydrogens (tertiary/aromatic N) is 2. The lowest BCUT2D eigenvalue weighted by atomic mass is 10.1. The van der Waals surface area contributed by atoms with Gasteiger partial charge in [-0.05, 0) is 26.3 Å². The van der Waals surface area contributed by atoms with E-state index in [2.05, 4.69) is 58.8 Å². The SMILES string of the molecule is Cc1ccc(C(C)Nc2cc(NN)nc(C)n2)cc1. The highest BCUT2D eigenvalue weighted by molar-refractivity contribution is 5.48. The second kappa shape index (κ2) is 5.67. The van der Waals surface area contributed by atoms with E-state index in [9.17, 15) is 0 Å². The fourth-order valence-electron chi connectivity index (χ4n) is 1.88. The molecule has 0 spiro atoms. The lowest BCUT2D eigenvalue weighted by Gasteiger charge is -2.16. The third-order valence-corrected chi connectivity index (χ3v) is 2.93. The molecule has 0 bridgehead atoms. The summed E-state index contributed by atoms with van der Waals surface area (Å²) in [5, 5.41) is 3.35. The van der Waals surface area contributed by atoms with Crippen LogP contribution in [-0.2, 0) is 0 Å². The average Bonchev–Trinajstić information content (AvgIpc) is 2.38. The first-order valence-corrected chi connectivity index (χ1v) is 6.24. The van der Waals surface area contributed by atoms with Gasteiger partial charge >= 0.3 is 0 Å². The molecule has 2 aromatic rings. The largest absolute Gasteiger partial charge is 0.363 e. The van der Waals surface area contributed by atoms with Gasteiger partial charge in [0.05, 0.1) is 0 Å². The summed E-state index contributed by atoms with van der Waals surface area (Å²) in [7, 11) is 0. The van der Waals surface area contributed by atoms with Gasteiger partial charge in [0.2, 0.25) is 0 Å². The molecule has 2 rings (SSSR count). The highest BCUT2D eigenvalue weighted by Crippen LogP contribution is 2.19. The molecule has 1 atom stereocenters. The molecule has 5 heteroatoms. The van der Waals surface area contributed by atoms with Crippen LogP contribution >= 0.6 is 0 Å². The quantitative estimate of drug-likeness (QED) is 0.579. The predicted molar refractivity (Wildman–Crippen MR) is 77.8 cm³/mol. The molecule has 5 nitrogen and oxygen atoms in total. The Balaban J connectivity index is 2.16. The minimum absolute atomic E-state index is 0.167. The van der Waals surface area contributed by atoms with E-state index in [0.717, 1.165) is 5.82 Å². The Morgan fingerprint density at radius 2 is 1.68 bits per heavy atom. The van der Waals surface area contributed by atoms with E-state index in [-0.39, 0.29) is 6.04 Å². The smallest absolute Gasteiger partial charge is 0.145 e. The van der Waals surface area contributed by atoms with Crippen LogP contribution in [-0.4, -0.2) is 9.97 Å². The Bertz CT molecular complexity index is 550. The van der Waals surface area contributed by atoms with E-state index in [1.807, 2.05) is 6.92 Å². The van der Waals surface area contributed by atoms with E-state index in [1.165, 1.54) is 11.1 Å². The molecule has 0 fully saturated rings. The van der Waals surface area contributed by atoms with Crippen molar-refractivity contribution in [3.63, 3.8) is 0 Å². The van der Waals surface area contributed by atoms with E-state index < -0.39 is 0 Å². The lowest BCUT2D eigenvalue weighted by Crippen LogP contribution is -2.13. The zero-order chi connectivity index (χ0) is 13.8. The summed E-state index contributed by atoms with van der Waals surface area (Å²) in [6.07, 6.45) is 0. The Morgan fingerprint density at radius 1 is 1.05 bits per heavy atom. The van der Waals surface area contributed by atoms with E-state index >= 15 is 0 Å². The van der Waals surface area contributed by atoms with Crippen molar-refractivity contribution in [3.8, 4) is 0 Å². The Morgan fingerprint density at radius 3 is 2.32 bits per heavy atom. The topological polar surface area (TPSA) is 75.9 Å². The first-order valence-electron chi connectivity index (χ1n) is 6.24. The van der Waals surface area contributed by atoms with Crippen molar-refractivity contribution in [2.75, 3.05) is 10.7 Å². The number of benzene rings is 1. The van der Waals surface area contributed by atoms with Crippen LogP contribution in [0.5, 0.6) is 0 Å². The Kier molecular flexibility index (Phi) is 3.97. The molecule has 1 unspecified atom stereocenters. The van der Waals surface area contributed by atoms with E-state index in [0.29, 0.717) is 11.6 Å². The van der Waals surface area contributed by atoms with Gasteiger partial charge in [-0.15, -0.1) is 0 Å². The number of aromatic nitrogens is 2. The maximum absolute atomic E-state index is 5.38. The first-order chi connectivity index (χ1) is 9.08. The summed E-state index contributed by atoms with van der Waals surface area (Å²) in [5.74, 6) is 7.41. The zero-order valence-corrected chi connectivity index (χ0v) is 11.4. The van der Waals surface area contributed by atoms with Crippen LogP contribution < -0.4 is 16.6 Å². The number of hydrogen-bond acceptors (Lipinski definition) is 5. The van der Waals surface area contributed by atoms with Gasteiger partial charge in [0.15, 0.2) is 0 Å². The molecule has 1 aromatic carbocycles. The molecule has 19 heavy (non-hydrogen) atoms. The van der Waals surface area contributed by atoms with Gasteiger partial charge in [0, 0.05) is 12.1 Å². The van der Waals surface area contributed by atoms with E-state index in [4.69, 9.17) is 5.84 Å². The van der Waals surface area contributed by atoms with Crippen LogP contribution in [0.2, 0.25) is 0 Å². The fraction of sp³-hybridized carbons (Fsp3) is 0.286. The lowest BCUT2D eigenvalue weighted by molar-refractivity contribution is 0.866. The first kappa shape index (κ1) is 13.3. The van der Waals surface area contributed by atoms with Crippen molar-refractivity contribution in [2.45, 2.75) is 26.8 Å². The zero-order valence-electron chi connectivity index (χ0n) is 11.4. The molecule has 0 saturated carbocycles. The molecular formula is C14H19N5. The van der Waals surface area contributed by atoms with Gasteiger partial charge in [0.1, 0.15) is 17.5 Å². The number of nitrogens with one attached hydrogen (secondary N) is 2. The monoisotopic (exact) mass is 257 g/mol. The maximum atomic E-state index is 5.38. The summed E-state index contributed by atoms with van der Waals surface area (Å²) in [4.78, 5) is 8.50. The summed E-state index contributed by atoms with van der Waals surface area (Å²) < 4.78 is 0. The van der Waals surface area contributed by atoms with Crippen molar-refractivity contribution in [1.82, 2.24) is 9.97 Å². The number of nitrogens with two attached hydrogens (primary N) is 1. The van der Waals surface area contributed by atoms with Gasteiger partial charge in [-0.3, -0.25) is 0 Å². The molecule has 100 valence electrons. The van der Waals surface area contributed by atoms with Gasteiger partial charge in [0.25, 0.3) is 0 Å². The minimum Gasteiger partial charge on any atom is -0.363 e. The fourth-order valence-corrected chi connectivity index (χ4v) is 1.88. The highest BCUT2D eigenvalue weighted by atomic mass is 15.3. The molecule has 0 amide bonds. The van der Waals surface area contributed by atoms with Gasteiger partial charge in [-0.25, -0.2) is 15.8 Å². The van der Waals surface area contributed by atoms with Crippen LogP contribution in [0.25, 0.3) is 0 Å². The van der Waals surface area contributed by atoms with Crippen LogP contribution in [0.15, 0.2) is 30.3 Å². The summed E-state index contributed by atoms with van der Waals surface area (Å²) in [5.41, 5.74) is 5.00. The molecule has 1 aromatic heterocycles. The molecule has 0 radical (unpaired) electrons. The number of anilines is 2. The number of hydrogen-bond donors (Lipinski definition) is 3. The maximum Gasteiger partial charge on any atom is 0.145 e. The van der Waals surface area contributed by atoms with Crippen molar-refractivity contribution in [2.24, 2.45) is 5.84 Å². The Hall–Kier alpha value is -2.14. The number of aryl methyl sites for hydroxylation is 2. The van der Waals surface area contributed by atoms with Crippen LogP contribution in [0.3, 0.4) is 0 Å². The van der Waals surface area contributed by atoms with Gasteiger partial charge in [-0.1, -0.05) is 29.8 Å². The van der Waals surface area contributed by atoms with E-state index in [1.54, 1.807) is 6.07 Å². The number of rotatable bonds is 4. The summed E-state index contributed by atoms with van der Waals surface area (Å²) in [6.45, 7) is 6.01. The van der Waals surface area contributed by atoms with Gasteiger partial charge in [-0.2, -0.15) is 0 Å². The minimum atomic E-state index is 0.167. The highest BCUT2D eigenvalue weighted by Gasteiger charge is 2.07. The molecule has 4 N–H and O–H groups in total. The van der Waals surface area contributed by atoms with Crippen LogP contribution in [0, 0.1) is 13.8 Å². The summed E-state index contributed by atoms with van der Waals surface area (Å²) >= 11 is 0. The summed E-state index contributed by atoms with van der Waals surface area (Å²) in [6, 6.07) is 10.4. The van der Waals surface area contributed by atoms with Crippen molar-refractivity contribution in [1.29, 1.82) is 0 Å². The molecule has 0 saturated heterocycles. The molecule has 0 aliphatic heterocycles. The normalized spacial score (nSPS) is 12.0. The second-order valence-electron chi connectivity index (χ2n) is 4.61. The van der Waals surface area contributed by atoms with Crippen molar-refractivity contribution < 1.29 is 0 Å². The Labute approximate surface area is 113 Å². The van der Waals surface area contributed by atoms with Crippen LogP contribution in [0.4, 0.5) is 11.6 Å². The van der Waals surface area contributed by atoms with Crippen LogP contribution in [0.1, 0.15) is 29.9 Å². The number of nitrogen functional groups attached to an aromatic ring is 1. The van der Waals surface area contributed by atoms with Gasteiger partial charge < -0.3 is 10.7 Å².